The van der Waals surface area contributed by atoms with Crippen LogP contribution >= 0.6 is 0 Å². The summed E-state index contributed by atoms with van der Waals surface area (Å²) in [5.74, 6) is -0.903. The number of rotatable bonds is 3. The largest absolute Gasteiger partial charge is 0.377 e. The molecule has 1 aliphatic heterocycles. The van der Waals surface area contributed by atoms with Crippen LogP contribution in [0, 0.1) is 0 Å². The molecule has 1 fully saturated rings. The second-order valence-corrected chi connectivity index (χ2v) is 3.50. The average molecular weight is 221 g/mol. The van der Waals surface area contributed by atoms with Crippen molar-refractivity contribution in [2.75, 3.05) is 13.2 Å². The molecule has 3 N–H and O–H groups in total. The number of carbonyl (C=O) groups excluding carboxylic acids is 2. The van der Waals surface area contributed by atoms with Crippen LogP contribution in [0.4, 0.5) is 0 Å². The van der Waals surface area contributed by atoms with Crippen LogP contribution < -0.4 is 11.1 Å². The van der Waals surface area contributed by atoms with Crippen molar-refractivity contribution in [3.05, 3.63) is 29.6 Å². The van der Waals surface area contributed by atoms with Gasteiger partial charge in [0.25, 0.3) is 11.8 Å². The van der Waals surface area contributed by atoms with Gasteiger partial charge < -0.3 is 15.8 Å². The Labute approximate surface area is 91.8 Å². The number of aromatic nitrogens is 1. The van der Waals surface area contributed by atoms with Crippen molar-refractivity contribution in [3.8, 4) is 0 Å². The average Bonchev–Trinajstić information content (AvgIpc) is 2.23. The summed E-state index contributed by atoms with van der Waals surface area (Å²) in [6.45, 7) is 1.05. The molecule has 0 radical (unpaired) electrons. The third-order valence-electron chi connectivity index (χ3n) is 2.25. The Kier molecular flexibility index (Phi) is 2.82. The molecular weight excluding hydrogens is 210 g/mol. The van der Waals surface area contributed by atoms with Crippen LogP contribution in [-0.4, -0.2) is 36.1 Å². The van der Waals surface area contributed by atoms with Crippen LogP contribution in [0.1, 0.15) is 20.8 Å². The van der Waals surface area contributed by atoms with Gasteiger partial charge in [0.2, 0.25) is 0 Å². The Morgan fingerprint density at radius 3 is 2.81 bits per heavy atom. The molecule has 2 amide bonds. The molecule has 6 heteroatoms. The Hall–Kier alpha value is -1.95. The third-order valence-corrected chi connectivity index (χ3v) is 2.25. The third kappa shape index (κ3) is 2.17. The molecule has 2 rings (SSSR count). The van der Waals surface area contributed by atoms with Crippen molar-refractivity contribution in [3.63, 3.8) is 0 Å². The Morgan fingerprint density at radius 1 is 1.50 bits per heavy atom. The second-order valence-electron chi connectivity index (χ2n) is 3.50. The Morgan fingerprint density at radius 2 is 2.25 bits per heavy atom. The van der Waals surface area contributed by atoms with Crippen molar-refractivity contribution >= 4 is 11.8 Å². The van der Waals surface area contributed by atoms with Gasteiger partial charge in [-0.05, 0) is 12.1 Å². The molecule has 0 aliphatic carbocycles. The van der Waals surface area contributed by atoms with E-state index in [0.29, 0.717) is 18.8 Å². The maximum absolute atomic E-state index is 11.7. The van der Waals surface area contributed by atoms with Crippen molar-refractivity contribution in [1.29, 1.82) is 0 Å². The van der Waals surface area contributed by atoms with Gasteiger partial charge in [-0.25, -0.2) is 0 Å². The Bertz CT molecular complexity index is 429. The van der Waals surface area contributed by atoms with E-state index in [1.807, 2.05) is 0 Å². The SMILES string of the molecule is NC(=O)c1cc(C(=O)NC2COC2)ccn1. The monoisotopic (exact) mass is 221 g/mol. The Balaban J connectivity index is 2.09. The zero-order valence-corrected chi connectivity index (χ0v) is 8.47. The fraction of sp³-hybridized carbons (Fsp3) is 0.300. The molecule has 0 atom stereocenters. The molecule has 1 aromatic rings. The summed E-state index contributed by atoms with van der Waals surface area (Å²) in [5, 5.41) is 2.75. The molecule has 1 saturated heterocycles. The normalized spacial score (nSPS) is 15.2. The molecule has 84 valence electrons. The molecule has 2 heterocycles. The minimum absolute atomic E-state index is 0.0534. The van der Waals surface area contributed by atoms with E-state index in [9.17, 15) is 9.59 Å². The fourth-order valence-electron chi connectivity index (χ4n) is 1.29. The standard InChI is InChI=1S/C10H11N3O3/c11-9(14)8-3-6(1-2-12-8)10(15)13-7-4-16-5-7/h1-3,7H,4-5H2,(H2,11,14)(H,13,15). The lowest BCUT2D eigenvalue weighted by atomic mass is 10.2. The van der Waals surface area contributed by atoms with E-state index in [2.05, 4.69) is 10.3 Å². The lowest BCUT2D eigenvalue weighted by Crippen LogP contribution is -2.48. The van der Waals surface area contributed by atoms with Crippen LogP contribution in [0.5, 0.6) is 0 Å². The van der Waals surface area contributed by atoms with Gasteiger partial charge in [-0.3, -0.25) is 14.6 Å². The maximum atomic E-state index is 11.7. The first kappa shape index (κ1) is 10.6. The number of ether oxygens (including phenoxy) is 1. The summed E-state index contributed by atoms with van der Waals surface area (Å²) in [5.41, 5.74) is 5.52. The number of hydrogen-bond donors (Lipinski definition) is 2. The van der Waals surface area contributed by atoms with Gasteiger partial charge >= 0.3 is 0 Å². The van der Waals surface area contributed by atoms with E-state index in [1.54, 1.807) is 0 Å². The maximum Gasteiger partial charge on any atom is 0.267 e. The highest BCUT2D eigenvalue weighted by atomic mass is 16.5. The number of carbonyl (C=O) groups is 2. The first-order chi connectivity index (χ1) is 7.66. The quantitative estimate of drug-likeness (QED) is 0.706. The first-order valence-electron chi connectivity index (χ1n) is 4.81. The van der Waals surface area contributed by atoms with Gasteiger partial charge in [-0.1, -0.05) is 0 Å². The number of amides is 2. The van der Waals surface area contributed by atoms with Gasteiger partial charge in [0.1, 0.15) is 5.69 Å². The number of hydrogen-bond acceptors (Lipinski definition) is 4. The van der Waals surface area contributed by atoms with Crippen molar-refractivity contribution in [1.82, 2.24) is 10.3 Å². The molecule has 0 saturated carbocycles. The number of nitrogens with two attached hydrogens (primary N) is 1. The van der Waals surface area contributed by atoms with Gasteiger partial charge in [-0.2, -0.15) is 0 Å². The molecule has 1 aliphatic rings. The number of primary amides is 1. The topological polar surface area (TPSA) is 94.3 Å². The smallest absolute Gasteiger partial charge is 0.267 e. The van der Waals surface area contributed by atoms with E-state index in [1.165, 1.54) is 18.3 Å². The molecular formula is C10H11N3O3. The van der Waals surface area contributed by atoms with Gasteiger partial charge in [0, 0.05) is 11.8 Å². The lowest BCUT2D eigenvalue weighted by Gasteiger charge is -2.26. The number of nitrogens with one attached hydrogen (secondary N) is 1. The van der Waals surface area contributed by atoms with Crippen LogP contribution in [0.2, 0.25) is 0 Å². The van der Waals surface area contributed by atoms with Gasteiger partial charge in [0.05, 0.1) is 19.3 Å². The number of nitrogens with zero attached hydrogens (tertiary/aromatic N) is 1. The van der Waals surface area contributed by atoms with Crippen LogP contribution in [0.25, 0.3) is 0 Å². The van der Waals surface area contributed by atoms with E-state index in [4.69, 9.17) is 10.5 Å². The van der Waals surface area contributed by atoms with Crippen LogP contribution in [0.15, 0.2) is 18.3 Å². The van der Waals surface area contributed by atoms with Gasteiger partial charge in [-0.15, -0.1) is 0 Å². The zero-order valence-electron chi connectivity index (χ0n) is 8.47. The minimum atomic E-state index is -0.651. The lowest BCUT2D eigenvalue weighted by molar-refractivity contribution is -0.00346. The summed E-state index contributed by atoms with van der Waals surface area (Å²) < 4.78 is 4.93. The predicted octanol–water partition coefficient (Wildman–Crippen LogP) is -0.691. The first-order valence-corrected chi connectivity index (χ1v) is 4.81. The summed E-state index contributed by atoms with van der Waals surface area (Å²) in [6.07, 6.45) is 1.38. The van der Waals surface area contributed by atoms with Crippen molar-refractivity contribution < 1.29 is 14.3 Å². The highest BCUT2D eigenvalue weighted by molar-refractivity contribution is 5.98. The van der Waals surface area contributed by atoms with E-state index in [0.717, 1.165) is 0 Å². The van der Waals surface area contributed by atoms with E-state index >= 15 is 0 Å². The molecule has 1 aromatic heterocycles. The molecule has 0 bridgehead atoms. The molecule has 0 aromatic carbocycles. The van der Waals surface area contributed by atoms with Gasteiger partial charge in [0.15, 0.2) is 0 Å². The molecule has 0 unspecified atom stereocenters. The van der Waals surface area contributed by atoms with E-state index < -0.39 is 5.91 Å². The summed E-state index contributed by atoms with van der Waals surface area (Å²) in [7, 11) is 0. The van der Waals surface area contributed by atoms with Crippen molar-refractivity contribution in [2.24, 2.45) is 5.73 Å². The second kappa shape index (κ2) is 4.28. The van der Waals surface area contributed by atoms with Crippen LogP contribution in [-0.2, 0) is 4.74 Å². The zero-order chi connectivity index (χ0) is 11.5. The molecule has 0 spiro atoms. The van der Waals surface area contributed by atoms with Crippen molar-refractivity contribution in [2.45, 2.75) is 6.04 Å². The van der Waals surface area contributed by atoms with Crippen LogP contribution in [0.3, 0.4) is 0 Å². The summed E-state index contributed by atoms with van der Waals surface area (Å²) >= 11 is 0. The summed E-state index contributed by atoms with van der Waals surface area (Å²) in [4.78, 5) is 26.3. The fourth-order valence-corrected chi connectivity index (χ4v) is 1.29. The molecule has 6 nitrogen and oxygen atoms in total. The predicted molar refractivity (Wildman–Crippen MR) is 54.8 cm³/mol. The highest BCUT2D eigenvalue weighted by Crippen LogP contribution is 2.05. The summed E-state index contributed by atoms with van der Waals surface area (Å²) in [6, 6.07) is 2.95. The molecule has 16 heavy (non-hydrogen) atoms. The number of pyridine rings is 1. The highest BCUT2D eigenvalue weighted by Gasteiger charge is 2.21. The van der Waals surface area contributed by atoms with E-state index in [-0.39, 0.29) is 17.6 Å². The minimum Gasteiger partial charge on any atom is -0.377 e.